The first kappa shape index (κ1) is 20.8. The van der Waals surface area contributed by atoms with Crippen molar-refractivity contribution in [3.8, 4) is 17.0 Å². The zero-order valence-electron chi connectivity index (χ0n) is 18.5. The maximum atomic E-state index is 16.3. The predicted molar refractivity (Wildman–Crippen MR) is 133 cm³/mol. The van der Waals surface area contributed by atoms with Gasteiger partial charge in [-0.1, -0.05) is 28.1 Å². The van der Waals surface area contributed by atoms with E-state index >= 15 is 4.39 Å². The highest BCUT2D eigenvalue weighted by Gasteiger charge is 2.34. The lowest BCUT2D eigenvalue weighted by Gasteiger charge is -2.34. The van der Waals surface area contributed by atoms with Gasteiger partial charge in [0.1, 0.15) is 17.3 Å². The van der Waals surface area contributed by atoms with E-state index in [2.05, 4.69) is 31.1 Å². The quantitative estimate of drug-likeness (QED) is 0.369. The highest BCUT2D eigenvalue weighted by molar-refractivity contribution is 9.10. The number of aryl methyl sites for hydroxylation is 2. The largest absolute Gasteiger partial charge is 0.508 e. The van der Waals surface area contributed by atoms with Crippen LogP contribution in [-0.4, -0.2) is 40.2 Å². The summed E-state index contributed by atoms with van der Waals surface area (Å²) < 4.78 is 17.1. The molecule has 2 N–H and O–H groups in total. The van der Waals surface area contributed by atoms with Crippen molar-refractivity contribution in [1.82, 2.24) is 15.3 Å². The summed E-state index contributed by atoms with van der Waals surface area (Å²) in [6.45, 7) is 5.59. The topological polar surface area (TPSA) is 61.3 Å². The van der Waals surface area contributed by atoms with Crippen LogP contribution in [0.1, 0.15) is 24.1 Å². The zero-order chi connectivity index (χ0) is 22.9. The van der Waals surface area contributed by atoms with E-state index < -0.39 is 0 Å². The summed E-state index contributed by atoms with van der Waals surface area (Å²) >= 11 is 3.60. The number of aromatic hydroxyl groups is 1. The highest BCUT2D eigenvalue weighted by atomic mass is 79.9. The van der Waals surface area contributed by atoms with Crippen LogP contribution >= 0.6 is 15.9 Å². The third-order valence-electron chi connectivity index (χ3n) is 7.13. The molecule has 0 aliphatic carbocycles. The van der Waals surface area contributed by atoms with Crippen molar-refractivity contribution in [2.24, 2.45) is 0 Å². The van der Waals surface area contributed by atoms with Crippen LogP contribution in [0.2, 0.25) is 0 Å². The first-order chi connectivity index (χ1) is 15.9. The molecule has 0 saturated carbocycles. The number of pyridine rings is 2. The number of phenols is 1. The summed E-state index contributed by atoms with van der Waals surface area (Å²) in [6.07, 6.45) is 4.08. The van der Waals surface area contributed by atoms with Gasteiger partial charge in [-0.2, -0.15) is 0 Å². The van der Waals surface area contributed by atoms with Crippen LogP contribution in [0.25, 0.3) is 32.8 Å². The summed E-state index contributed by atoms with van der Waals surface area (Å²) in [7, 11) is 0. The molecule has 168 valence electrons. The van der Waals surface area contributed by atoms with Gasteiger partial charge < -0.3 is 15.3 Å². The van der Waals surface area contributed by atoms with Gasteiger partial charge in [0, 0.05) is 63.3 Å². The minimum atomic E-state index is -0.377. The van der Waals surface area contributed by atoms with Gasteiger partial charge in [0.15, 0.2) is 5.82 Å². The Kier molecular flexibility index (Phi) is 4.82. The van der Waals surface area contributed by atoms with E-state index in [1.807, 2.05) is 32.0 Å². The van der Waals surface area contributed by atoms with Gasteiger partial charge in [-0.15, -0.1) is 0 Å². The number of benzene rings is 2. The maximum Gasteiger partial charge on any atom is 0.157 e. The van der Waals surface area contributed by atoms with Crippen molar-refractivity contribution in [2.75, 3.05) is 18.0 Å². The standard InChI is InChI=1S/C26H24BrFN4O/c1-13-14(2)30-26(32-11-16-6-7-17(12-32)31-16)20-10-29-25(24(28)22(13)20)19-9-18(33)8-15-4-3-5-21(27)23(15)19/h3-5,8-10,16-17,31,33H,6-7,11-12H2,1-2H3. The SMILES string of the molecule is Cc1nc(N2CC3CCC(C2)N3)c2cnc(-c3cc(O)cc4cccc(Br)c34)c(F)c2c1C. The van der Waals surface area contributed by atoms with Gasteiger partial charge >= 0.3 is 0 Å². The third kappa shape index (κ3) is 3.28. The van der Waals surface area contributed by atoms with E-state index in [1.165, 1.54) is 12.8 Å². The number of hydrogen-bond donors (Lipinski definition) is 2. The molecule has 0 amide bonds. The number of phenolic OH excluding ortho intramolecular Hbond substituents is 1. The Morgan fingerprint density at radius 3 is 2.64 bits per heavy atom. The highest BCUT2D eigenvalue weighted by Crippen LogP contribution is 2.40. The molecule has 0 radical (unpaired) electrons. The number of piperazine rings is 1. The van der Waals surface area contributed by atoms with Crippen LogP contribution in [0, 0.1) is 19.7 Å². The molecule has 7 heteroatoms. The lowest BCUT2D eigenvalue weighted by Crippen LogP contribution is -2.51. The Labute approximate surface area is 199 Å². The van der Waals surface area contributed by atoms with Gasteiger partial charge in [0.2, 0.25) is 0 Å². The fourth-order valence-corrected chi connectivity index (χ4v) is 6.05. The first-order valence-electron chi connectivity index (χ1n) is 11.3. The van der Waals surface area contributed by atoms with Crippen LogP contribution < -0.4 is 10.2 Å². The Morgan fingerprint density at radius 1 is 1.12 bits per heavy atom. The van der Waals surface area contributed by atoms with Gasteiger partial charge in [-0.05, 0) is 55.8 Å². The smallest absolute Gasteiger partial charge is 0.157 e. The number of rotatable bonds is 2. The molecular weight excluding hydrogens is 483 g/mol. The van der Waals surface area contributed by atoms with E-state index in [4.69, 9.17) is 4.98 Å². The molecular formula is C26H24BrFN4O. The van der Waals surface area contributed by atoms with Crippen molar-refractivity contribution in [3.05, 3.63) is 58.1 Å². The summed E-state index contributed by atoms with van der Waals surface area (Å²) in [4.78, 5) is 11.8. The van der Waals surface area contributed by atoms with Gasteiger partial charge in [-0.25, -0.2) is 9.37 Å². The lowest BCUT2D eigenvalue weighted by molar-refractivity contribution is 0.464. The summed E-state index contributed by atoms with van der Waals surface area (Å²) in [6, 6.07) is 9.88. The first-order valence-corrected chi connectivity index (χ1v) is 12.1. The monoisotopic (exact) mass is 506 g/mol. The van der Waals surface area contributed by atoms with E-state index in [-0.39, 0.29) is 17.3 Å². The second kappa shape index (κ2) is 7.64. The zero-order valence-corrected chi connectivity index (χ0v) is 20.1. The van der Waals surface area contributed by atoms with E-state index in [0.29, 0.717) is 23.0 Å². The molecule has 6 rings (SSSR count). The molecule has 2 aliphatic rings. The van der Waals surface area contributed by atoms with E-state index in [9.17, 15) is 5.11 Å². The molecule has 2 aliphatic heterocycles. The molecule has 2 aromatic carbocycles. The fraction of sp³-hybridized carbons (Fsp3) is 0.308. The van der Waals surface area contributed by atoms with Gasteiger partial charge in [0.05, 0.1) is 0 Å². The van der Waals surface area contributed by atoms with E-state index in [0.717, 1.165) is 50.8 Å². The molecule has 33 heavy (non-hydrogen) atoms. The average Bonchev–Trinajstić information content (AvgIpc) is 3.13. The number of aromatic nitrogens is 2. The number of anilines is 1. The predicted octanol–water partition coefficient (Wildman–Crippen LogP) is 5.61. The summed E-state index contributed by atoms with van der Waals surface area (Å²) in [5, 5.41) is 16.9. The van der Waals surface area contributed by atoms with Crippen molar-refractivity contribution < 1.29 is 9.50 Å². The molecule has 2 fully saturated rings. The fourth-order valence-electron chi connectivity index (χ4n) is 5.46. The van der Waals surface area contributed by atoms with Crippen molar-refractivity contribution in [2.45, 2.75) is 38.8 Å². The minimum absolute atomic E-state index is 0.0801. The molecule has 2 saturated heterocycles. The van der Waals surface area contributed by atoms with Crippen LogP contribution in [-0.2, 0) is 0 Å². The average molecular weight is 507 g/mol. The molecule has 5 nitrogen and oxygen atoms in total. The Morgan fingerprint density at radius 2 is 1.88 bits per heavy atom. The molecule has 2 unspecified atom stereocenters. The van der Waals surface area contributed by atoms with Crippen molar-refractivity contribution in [1.29, 1.82) is 0 Å². The molecule has 4 heterocycles. The van der Waals surface area contributed by atoms with Crippen LogP contribution in [0.3, 0.4) is 0 Å². The van der Waals surface area contributed by atoms with Gasteiger partial charge in [0.25, 0.3) is 0 Å². The second-order valence-corrected chi connectivity index (χ2v) is 10.1. The van der Waals surface area contributed by atoms with Crippen LogP contribution in [0.15, 0.2) is 41.0 Å². The molecule has 2 aromatic heterocycles. The van der Waals surface area contributed by atoms with Crippen LogP contribution in [0.4, 0.5) is 10.2 Å². The number of nitrogens with zero attached hydrogens (tertiary/aromatic N) is 3. The second-order valence-electron chi connectivity index (χ2n) is 9.23. The molecule has 2 bridgehead atoms. The molecule has 2 atom stereocenters. The van der Waals surface area contributed by atoms with Crippen LogP contribution in [0.5, 0.6) is 5.75 Å². The number of fused-ring (bicyclic) bond motifs is 4. The van der Waals surface area contributed by atoms with Gasteiger partial charge in [-0.3, -0.25) is 4.98 Å². The Balaban J connectivity index is 1.60. The number of hydrogen-bond acceptors (Lipinski definition) is 5. The summed E-state index contributed by atoms with van der Waals surface area (Å²) in [5.41, 5.74) is 2.43. The van der Waals surface area contributed by atoms with Crippen molar-refractivity contribution in [3.63, 3.8) is 0 Å². The minimum Gasteiger partial charge on any atom is -0.508 e. The Hall–Kier alpha value is -2.77. The Bertz CT molecular complexity index is 1430. The summed E-state index contributed by atoms with van der Waals surface area (Å²) in [5.74, 6) is 0.514. The normalized spacial score (nSPS) is 20.2. The maximum absolute atomic E-state index is 16.3. The number of nitrogens with one attached hydrogen (secondary N) is 1. The van der Waals surface area contributed by atoms with Crippen molar-refractivity contribution >= 4 is 43.3 Å². The lowest BCUT2D eigenvalue weighted by atomic mass is 9.97. The third-order valence-corrected chi connectivity index (χ3v) is 7.79. The van der Waals surface area contributed by atoms with E-state index in [1.54, 1.807) is 18.3 Å². The molecule has 4 aromatic rings. The molecule has 0 spiro atoms. The number of halogens is 2.